The summed E-state index contributed by atoms with van der Waals surface area (Å²) < 4.78 is 0. The molecule has 1 aliphatic rings. The molecule has 5 heteroatoms. The number of aromatic nitrogens is 1. The normalized spacial score (nSPS) is 13.8. The average molecular weight is 283 g/mol. The van der Waals surface area contributed by atoms with Gasteiger partial charge in [0.15, 0.2) is 0 Å². The molecule has 1 amide bonds. The van der Waals surface area contributed by atoms with Gasteiger partial charge in [0.1, 0.15) is 4.88 Å². The fourth-order valence-corrected chi connectivity index (χ4v) is 3.08. The number of hydrogen-bond donors (Lipinski definition) is 1. The van der Waals surface area contributed by atoms with Crippen molar-refractivity contribution in [2.75, 3.05) is 5.32 Å². The fourth-order valence-electron chi connectivity index (χ4n) is 1.95. The molecule has 0 atom stereocenters. The molecular weight excluding hydrogens is 270 g/mol. The summed E-state index contributed by atoms with van der Waals surface area (Å²) in [6.07, 6.45) is 2.37. The zero-order chi connectivity index (χ0) is 14.1. The SMILES string of the molecule is Cc1nc(C2CC2)sc1C(=O)Nc1ccc(C#N)cc1. The van der Waals surface area contributed by atoms with E-state index in [9.17, 15) is 4.79 Å². The van der Waals surface area contributed by atoms with Crippen molar-refractivity contribution in [2.24, 2.45) is 0 Å². The maximum absolute atomic E-state index is 12.2. The largest absolute Gasteiger partial charge is 0.321 e. The lowest BCUT2D eigenvalue weighted by molar-refractivity contribution is 0.103. The van der Waals surface area contributed by atoms with Crippen molar-refractivity contribution >= 4 is 22.9 Å². The maximum Gasteiger partial charge on any atom is 0.267 e. The molecule has 100 valence electrons. The van der Waals surface area contributed by atoms with E-state index in [1.165, 1.54) is 24.2 Å². The van der Waals surface area contributed by atoms with Crippen molar-refractivity contribution < 1.29 is 4.79 Å². The molecule has 0 radical (unpaired) electrons. The summed E-state index contributed by atoms with van der Waals surface area (Å²) in [6, 6.07) is 8.88. The lowest BCUT2D eigenvalue weighted by atomic mass is 10.2. The molecule has 0 aliphatic heterocycles. The fraction of sp³-hybridized carbons (Fsp3) is 0.267. The standard InChI is InChI=1S/C15H13N3OS/c1-9-13(20-15(17-9)11-4-5-11)14(19)18-12-6-2-10(8-16)3-7-12/h2-3,6-7,11H,4-5H2,1H3,(H,18,19). The number of nitriles is 1. The predicted molar refractivity (Wildman–Crippen MR) is 77.9 cm³/mol. The van der Waals surface area contributed by atoms with Crippen LogP contribution in [0.3, 0.4) is 0 Å². The second-order valence-corrected chi connectivity index (χ2v) is 5.91. The molecule has 1 fully saturated rings. The van der Waals surface area contributed by atoms with E-state index in [-0.39, 0.29) is 5.91 Å². The van der Waals surface area contributed by atoms with Gasteiger partial charge >= 0.3 is 0 Å². The summed E-state index contributed by atoms with van der Waals surface area (Å²) in [5, 5.41) is 12.7. The van der Waals surface area contributed by atoms with Crippen LogP contribution in [0.5, 0.6) is 0 Å². The minimum absolute atomic E-state index is 0.128. The van der Waals surface area contributed by atoms with Gasteiger partial charge in [-0.05, 0) is 44.0 Å². The van der Waals surface area contributed by atoms with Gasteiger partial charge in [0.2, 0.25) is 0 Å². The van der Waals surface area contributed by atoms with Crippen molar-refractivity contribution in [1.29, 1.82) is 5.26 Å². The van der Waals surface area contributed by atoms with Gasteiger partial charge in [-0.15, -0.1) is 11.3 Å². The van der Waals surface area contributed by atoms with Crippen molar-refractivity contribution in [3.05, 3.63) is 45.4 Å². The van der Waals surface area contributed by atoms with Crippen molar-refractivity contribution in [3.8, 4) is 6.07 Å². The lowest BCUT2D eigenvalue weighted by Crippen LogP contribution is -2.11. The zero-order valence-corrected chi connectivity index (χ0v) is 11.8. The van der Waals surface area contributed by atoms with E-state index in [0.717, 1.165) is 10.7 Å². The van der Waals surface area contributed by atoms with Crippen LogP contribution in [0.4, 0.5) is 5.69 Å². The zero-order valence-electron chi connectivity index (χ0n) is 11.0. The second kappa shape index (κ2) is 5.06. The van der Waals surface area contributed by atoms with Crippen LogP contribution in [0.2, 0.25) is 0 Å². The summed E-state index contributed by atoms with van der Waals surface area (Å²) in [5.74, 6) is 0.437. The van der Waals surface area contributed by atoms with Gasteiger partial charge in [0, 0.05) is 11.6 Å². The number of benzene rings is 1. The summed E-state index contributed by atoms with van der Waals surface area (Å²) in [6.45, 7) is 1.87. The van der Waals surface area contributed by atoms with Crippen molar-refractivity contribution in [3.63, 3.8) is 0 Å². The molecule has 1 aromatic carbocycles. The van der Waals surface area contributed by atoms with Gasteiger partial charge in [0.05, 0.1) is 22.3 Å². The second-order valence-electron chi connectivity index (χ2n) is 4.88. The number of thiazole rings is 1. The summed E-state index contributed by atoms with van der Waals surface area (Å²) in [4.78, 5) is 17.4. The van der Waals surface area contributed by atoms with E-state index < -0.39 is 0 Å². The Bertz CT molecular complexity index is 693. The van der Waals surface area contributed by atoms with Crippen LogP contribution in [0.25, 0.3) is 0 Å². The summed E-state index contributed by atoms with van der Waals surface area (Å²) in [5.41, 5.74) is 2.06. The minimum Gasteiger partial charge on any atom is -0.321 e. The van der Waals surface area contributed by atoms with Gasteiger partial charge in [0.25, 0.3) is 5.91 Å². The Balaban J connectivity index is 1.76. The Morgan fingerprint density at radius 1 is 1.40 bits per heavy atom. The predicted octanol–water partition coefficient (Wildman–Crippen LogP) is 3.45. The highest BCUT2D eigenvalue weighted by molar-refractivity contribution is 7.14. The highest BCUT2D eigenvalue weighted by Crippen LogP contribution is 2.42. The molecule has 1 aromatic heterocycles. The van der Waals surface area contributed by atoms with Crippen LogP contribution in [-0.2, 0) is 0 Å². The Morgan fingerprint density at radius 2 is 2.10 bits per heavy atom. The first-order valence-electron chi connectivity index (χ1n) is 6.46. The van der Waals surface area contributed by atoms with E-state index in [0.29, 0.717) is 22.0 Å². The number of nitrogens with zero attached hydrogens (tertiary/aromatic N) is 2. The Hall–Kier alpha value is -2.19. The molecule has 0 saturated heterocycles. The van der Waals surface area contributed by atoms with Crippen LogP contribution in [0.15, 0.2) is 24.3 Å². The van der Waals surface area contributed by atoms with E-state index in [1.807, 2.05) is 6.92 Å². The van der Waals surface area contributed by atoms with Gasteiger partial charge in [-0.3, -0.25) is 4.79 Å². The first-order valence-corrected chi connectivity index (χ1v) is 7.28. The Labute approximate surface area is 121 Å². The number of amides is 1. The Kier molecular flexibility index (Phi) is 3.25. The van der Waals surface area contributed by atoms with E-state index in [2.05, 4.69) is 16.4 Å². The average Bonchev–Trinajstić information content (AvgIpc) is 3.23. The minimum atomic E-state index is -0.128. The molecule has 1 saturated carbocycles. The third-order valence-corrected chi connectivity index (χ3v) is 4.54. The van der Waals surface area contributed by atoms with E-state index in [4.69, 9.17) is 5.26 Å². The van der Waals surface area contributed by atoms with E-state index in [1.54, 1.807) is 24.3 Å². The topological polar surface area (TPSA) is 65.8 Å². The number of carbonyl (C=O) groups excluding carboxylic acids is 1. The monoisotopic (exact) mass is 283 g/mol. The third-order valence-electron chi connectivity index (χ3n) is 3.22. The van der Waals surface area contributed by atoms with Crippen LogP contribution in [-0.4, -0.2) is 10.9 Å². The number of anilines is 1. The van der Waals surface area contributed by atoms with Crippen molar-refractivity contribution in [2.45, 2.75) is 25.7 Å². The number of aryl methyl sites for hydroxylation is 1. The van der Waals surface area contributed by atoms with Gasteiger partial charge in [-0.25, -0.2) is 4.98 Å². The lowest BCUT2D eigenvalue weighted by Gasteiger charge is -2.03. The molecule has 0 spiro atoms. The van der Waals surface area contributed by atoms with Crippen LogP contribution in [0, 0.1) is 18.3 Å². The number of carbonyl (C=O) groups is 1. The molecule has 0 bridgehead atoms. The van der Waals surface area contributed by atoms with E-state index >= 15 is 0 Å². The van der Waals surface area contributed by atoms with Crippen molar-refractivity contribution in [1.82, 2.24) is 4.98 Å². The third kappa shape index (κ3) is 2.56. The number of hydrogen-bond acceptors (Lipinski definition) is 4. The first kappa shape index (κ1) is 12.8. The molecule has 4 nitrogen and oxygen atoms in total. The van der Waals surface area contributed by atoms with Gasteiger partial charge in [-0.1, -0.05) is 0 Å². The molecule has 20 heavy (non-hydrogen) atoms. The molecule has 2 aromatic rings. The van der Waals surface area contributed by atoms with Crippen LogP contribution in [0.1, 0.15) is 44.7 Å². The molecule has 1 heterocycles. The highest BCUT2D eigenvalue weighted by Gasteiger charge is 2.28. The van der Waals surface area contributed by atoms with Gasteiger partial charge in [-0.2, -0.15) is 5.26 Å². The number of rotatable bonds is 3. The maximum atomic E-state index is 12.2. The highest BCUT2D eigenvalue weighted by atomic mass is 32.1. The van der Waals surface area contributed by atoms with Crippen LogP contribution < -0.4 is 5.32 Å². The summed E-state index contributed by atoms with van der Waals surface area (Å²) in [7, 11) is 0. The summed E-state index contributed by atoms with van der Waals surface area (Å²) >= 11 is 1.49. The Morgan fingerprint density at radius 3 is 2.70 bits per heavy atom. The first-order chi connectivity index (χ1) is 9.67. The molecule has 1 aliphatic carbocycles. The van der Waals surface area contributed by atoms with Crippen LogP contribution >= 0.6 is 11.3 Å². The molecule has 3 rings (SSSR count). The van der Waals surface area contributed by atoms with Gasteiger partial charge < -0.3 is 5.32 Å². The smallest absolute Gasteiger partial charge is 0.267 e. The molecule has 1 N–H and O–H groups in total. The molecule has 0 unspecified atom stereocenters. The molecular formula is C15H13N3OS. The number of nitrogens with one attached hydrogen (secondary N) is 1. The quantitative estimate of drug-likeness (QED) is 0.938.